The van der Waals surface area contributed by atoms with Crippen LogP contribution < -0.4 is 4.74 Å². The van der Waals surface area contributed by atoms with Crippen molar-refractivity contribution in [1.29, 1.82) is 0 Å². The standard InChI is InChI=1S/C21H22ClNO4S/c1-3-5-10-23-18(16-7-6-11-28-16)17(20(25)21(23)26)19(24)13-8-9-14(22)15(12-13)27-4-2/h6-9,11-12,18,24H,3-5,10H2,1-2H3/b19-17-. The lowest BCUT2D eigenvalue weighted by Crippen LogP contribution is -2.30. The number of thiophene rings is 1. The number of benzene rings is 1. The van der Waals surface area contributed by atoms with Crippen molar-refractivity contribution in [2.24, 2.45) is 0 Å². The van der Waals surface area contributed by atoms with E-state index in [1.807, 2.05) is 31.4 Å². The van der Waals surface area contributed by atoms with Crippen LogP contribution in [-0.2, 0) is 9.59 Å². The Hall–Kier alpha value is -2.31. The van der Waals surface area contributed by atoms with Crippen LogP contribution in [0.5, 0.6) is 5.75 Å². The number of halogens is 1. The van der Waals surface area contributed by atoms with Crippen LogP contribution in [-0.4, -0.2) is 34.8 Å². The average Bonchev–Trinajstić information content (AvgIpc) is 3.29. The molecule has 3 rings (SSSR count). The molecule has 1 amide bonds. The summed E-state index contributed by atoms with van der Waals surface area (Å²) in [5.74, 6) is -1.04. The molecular formula is C21H22ClNO4S. The van der Waals surface area contributed by atoms with Crippen molar-refractivity contribution in [3.05, 3.63) is 56.7 Å². The minimum atomic E-state index is -0.667. The minimum Gasteiger partial charge on any atom is -0.507 e. The zero-order chi connectivity index (χ0) is 20.3. The van der Waals surface area contributed by atoms with Crippen LogP contribution in [0, 0.1) is 0 Å². The van der Waals surface area contributed by atoms with Gasteiger partial charge in [-0.1, -0.05) is 31.0 Å². The lowest BCUT2D eigenvalue weighted by molar-refractivity contribution is -0.139. The summed E-state index contributed by atoms with van der Waals surface area (Å²) in [4.78, 5) is 27.9. The first-order valence-electron chi connectivity index (χ1n) is 9.24. The molecule has 1 saturated heterocycles. The first-order chi connectivity index (χ1) is 13.5. The maximum Gasteiger partial charge on any atom is 0.295 e. The van der Waals surface area contributed by atoms with Crippen molar-refractivity contribution in [2.45, 2.75) is 32.7 Å². The third-order valence-corrected chi connectivity index (χ3v) is 5.85. The smallest absolute Gasteiger partial charge is 0.295 e. The number of carbonyl (C=O) groups excluding carboxylic acids is 2. The Kier molecular flexibility index (Phi) is 6.42. The monoisotopic (exact) mass is 419 g/mol. The molecule has 1 fully saturated rings. The van der Waals surface area contributed by atoms with E-state index in [-0.39, 0.29) is 11.3 Å². The highest BCUT2D eigenvalue weighted by atomic mass is 35.5. The van der Waals surface area contributed by atoms with Gasteiger partial charge in [0.2, 0.25) is 0 Å². The van der Waals surface area contributed by atoms with Crippen molar-refractivity contribution in [2.75, 3.05) is 13.2 Å². The van der Waals surface area contributed by atoms with E-state index >= 15 is 0 Å². The average molecular weight is 420 g/mol. The molecule has 1 aliphatic rings. The molecule has 28 heavy (non-hydrogen) atoms. The minimum absolute atomic E-state index is 0.105. The molecule has 1 unspecified atom stereocenters. The highest BCUT2D eigenvalue weighted by Gasteiger charge is 2.46. The summed E-state index contributed by atoms with van der Waals surface area (Å²) < 4.78 is 5.49. The lowest BCUT2D eigenvalue weighted by atomic mass is 9.99. The van der Waals surface area contributed by atoms with E-state index in [2.05, 4.69) is 0 Å². The van der Waals surface area contributed by atoms with Crippen LogP contribution in [0.4, 0.5) is 0 Å². The number of hydrogen-bond acceptors (Lipinski definition) is 5. The number of unbranched alkanes of at least 4 members (excludes halogenated alkanes) is 1. The summed E-state index contributed by atoms with van der Waals surface area (Å²) in [6, 6.07) is 7.97. The van der Waals surface area contributed by atoms with Gasteiger partial charge in [0.25, 0.3) is 11.7 Å². The number of nitrogens with zero attached hydrogens (tertiary/aromatic N) is 1. The molecule has 0 bridgehead atoms. The first-order valence-corrected chi connectivity index (χ1v) is 10.5. The van der Waals surface area contributed by atoms with Crippen molar-refractivity contribution in [3.8, 4) is 5.75 Å². The molecule has 1 atom stereocenters. The van der Waals surface area contributed by atoms with Gasteiger partial charge in [0.05, 0.1) is 23.2 Å². The van der Waals surface area contributed by atoms with E-state index in [4.69, 9.17) is 16.3 Å². The van der Waals surface area contributed by atoms with Crippen molar-refractivity contribution < 1.29 is 19.4 Å². The highest BCUT2D eigenvalue weighted by Crippen LogP contribution is 2.41. The van der Waals surface area contributed by atoms with E-state index in [1.165, 1.54) is 11.3 Å². The molecule has 7 heteroatoms. The van der Waals surface area contributed by atoms with Gasteiger partial charge >= 0.3 is 0 Å². The Morgan fingerprint density at radius 1 is 1.29 bits per heavy atom. The van der Waals surface area contributed by atoms with Crippen molar-refractivity contribution >= 4 is 40.4 Å². The van der Waals surface area contributed by atoms with Gasteiger partial charge in [-0.25, -0.2) is 0 Å². The lowest BCUT2D eigenvalue weighted by Gasteiger charge is -2.23. The van der Waals surface area contributed by atoms with E-state index in [1.54, 1.807) is 23.1 Å². The van der Waals surface area contributed by atoms with Crippen LogP contribution in [0.2, 0.25) is 5.02 Å². The molecule has 5 nitrogen and oxygen atoms in total. The number of rotatable bonds is 7. The largest absolute Gasteiger partial charge is 0.507 e. The number of ketones is 1. The second-order valence-electron chi connectivity index (χ2n) is 6.44. The zero-order valence-electron chi connectivity index (χ0n) is 15.8. The van der Waals surface area contributed by atoms with E-state index < -0.39 is 17.7 Å². The molecule has 0 saturated carbocycles. The molecule has 1 aliphatic heterocycles. The maximum absolute atomic E-state index is 12.8. The van der Waals surface area contributed by atoms with E-state index in [0.717, 1.165) is 17.7 Å². The molecule has 0 spiro atoms. The highest BCUT2D eigenvalue weighted by molar-refractivity contribution is 7.10. The Bertz CT molecular complexity index is 907. The molecule has 2 heterocycles. The Morgan fingerprint density at radius 2 is 2.07 bits per heavy atom. The Labute approximate surface area is 173 Å². The van der Waals surface area contributed by atoms with Crippen molar-refractivity contribution in [3.63, 3.8) is 0 Å². The quantitative estimate of drug-likeness (QED) is 0.388. The van der Waals surface area contributed by atoms with E-state index in [9.17, 15) is 14.7 Å². The SMILES string of the molecule is CCCCN1C(=O)C(=O)/C(=C(\O)c2ccc(Cl)c(OCC)c2)C1c1cccs1. The Morgan fingerprint density at radius 3 is 2.71 bits per heavy atom. The molecule has 2 aromatic rings. The van der Waals surface area contributed by atoms with Gasteiger partial charge in [-0.3, -0.25) is 9.59 Å². The van der Waals surface area contributed by atoms with Gasteiger partial charge < -0.3 is 14.7 Å². The molecular weight excluding hydrogens is 398 g/mol. The molecule has 1 aromatic carbocycles. The van der Waals surface area contributed by atoms with Crippen LogP contribution >= 0.6 is 22.9 Å². The number of aliphatic hydroxyl groups excluding tert-OH is 1. The molecule has 148 valence electrons. The predicted molar refractivity (Wildman–Crippen MR) is 111 cm³/mol. The van der Waals surface area contributed by atoms with Gasteiger partial charge in [0.1, 0.15) is 11.5 Å². The normalized spacial score (nSPS) is 18.7. The van der Waals surface area contributed by atoms with Gasteiger partial charge in [-0.05, 0) is 43.0 Å². The number of hydrogen-bond donors (Lipinski definition) is 1. The number of carbonyl (C=O) groups is 2. The number of aliphatic hydroxyl groups is 1. The number of ether oxygens (including phenoxy) is 1. The summed E-state index contributed by atoms with van der Waals surface area (Å²) in [6.45, 7) is 4.74. The summed E-state index contributed by atoms with van der Waals surface area (Å²) in [5, 5.41) is 13.3. The summed E-state index contributed by atoms with van der Waals surface area (Å²) in [6.07, 6.45) is 1.68. The van der Waals surface area contributed by atoms with Gasteiger partial charge in [0, 0.05) is 17.0 Å². The fourth-order valence-corrected chi connectivity index (χ4v) is 4.27. The van der Waals surface area contributed by atoms with Gasteiger partial charge in [-0.2, -0.15) is 0 Å². The molecule has 0 aliphatic carbocycles. The van der Waals surface area contributed by atoms with Crippen LogP contribution in [0.1, 0.15) is 43.2 Å². The number of Topliss-reactive ketones (excluding diaryl/α,β-unsaturated/α-hetero) is 1. The number of amides is 1. The van der Waals surface area contributed by atoms with Crippen molar-refractivity contribution in [1.82, 2.24) is 4.90 Å². The van der Waals surface area contributed by atoms with E-state index in [0.29, 0.717) is 29.5 Å². The van der Waals surface area contributed by atoms with Gasteiger partial charge in [0.15, 0.2) is 0 Å². The maximum atomic E-state index is 12.8. The van der Waals surface area contributed by atoms with Crippen LogP contribution in [0.25, 0.3) is 5.76 Å². The van der Waals surface area contributed by atoms with Crippen LogP contribution in [0.3, 0.4) is 0 Å². The van der Waals surface area contributed by atoms with Crippen LogP contribution in [0.15, 0.2) is 41.3 Å². The zero-order valence-corrected chi connectivity index (χ0v) is 17.3. The summed E-state index contributed by atoms with van der Waals surface area (Å²) in [5.41, 5.74) is 0.497. The second kappa shape index (κ2) is 8.80. The topological polar surface area (TPSA) is 66.8 Å². The summed E-state index contributed by atoms with van der Waals surface area (Å²) >= 11 is 7.59. The fourth-order valence-electron chi connectivity index (χ4n) is 3.25. The Balaban J connectivity index is 2.12. The molecule has 0 radical (unpaired) electrons. The summed E-state index contributed by atoms with van der Waals surface area (Å²) in [7, 11) is 0. The molecule has 1 N–H and O–H groups in total. The van der Waals surface area contributed by atoms with Gasteiger partial charge in [-0.15, -0.1) is 11.3 Å². The number of likely N-dealkylation sites (tertiary alicyclic amines) is 1. The third-order valence-electron chi connectivity index (χ3n) is 4.61. The first kappa shape index (κ1) is 20.4. The second-order valence-corrected chi connectivity index (χ2v) is 7.83. The predicted octanol–water partition coefficient (Wildman–Crippen LogP) is 5.02. The molecule has 1 aromatic heterocycles. The fraction of sp³-hybridized carbons (Fsp3) is 0.333. The third kappa shape index (κ3) is 3.80.